The topological polar surface area (TPSA) is 80.5 Å². The van der Waals surface area contributed by atoms with Gasteiger partial charge in [-0.1, -0.05) is 13.8 Å². The molecule has 18 heavy (non-hydrogen) atoms. The minimum absolute atomic E-state index is 0.431. The quantitative estimate of drug-likeness (QED) is 0.721. The highest BCUT2D eigenvalue weighted by Crippen LogP contribution is 2.24. The van der Waals surface area contributed by atoms with E-state index in [1.54, 1.807) is 0 Å². The number of hydrogen-bond acceptors (Lipinski definition) is 4. The summed E-state index contributed by atoms with van der Waals surface area (Å²) in [5.74, 6) is 1.03. The smallest absolute Gasteiger partial charge is 0.152 e. The Labute approximate surface area is 104 Å². The van der Waals surface area contributed by atoms with Crippen molar-refractivity contribution < 1.29 is 0 Å². The molecule has 3 aromatic heterocycles. The average molecular weight is 241 g/mol. The highest BCUT2D eigenvalue weighted by atomic mass is 15.0. The summed E-state index contributed by atoms with van der Waals surface area (Å²) >= 11 is 0. The van der Waals surface area contributed by atoms with Crippen molar-refractivity contribution in [2.45, 2.75) is 20.3 Å². The molecule has 0 amide bonds. The van der Waals surface area contributed by atoms with Gasteiger partial charge in [0.25, 0.3) is 0 Å². The summed E-state index contributed by atoms with van der Waals surface area (Å²) in [4.78, 5) is 16.1. The fourth-order valence-corrected chi connectivity index (χ4v) is 2.18. The minimum Gasteiger partial charge on any atom is -0.382 e. The second kappa shape index (κ2) is 3.94. The number of hydrogen-bond donors (Lipinski definition) is 2. The van der Waals surface area contributed by atoms with Gasteiger partial charge in [-0.3, -0.25) is 0 Å². The van der Waals surface area contributed by atoms with E-state index in [1.165, 1.54) is 12.0 Å². The fraction of sp³-hybridized carbons (Fsp3) is 0.308. The van der Waals surface area contributed by atoms with E-state index in [0.717, 1.165) is 23.0 Å². The van der Waals surface area contributed by atoms with Crippen LogP contribution in [-0.4, -0.2) is 19.9 Å². The minimum atomic E-state index is 0.431. The van der Waals surface area contributed by atoms with Crippen molar-refractivity contribution in [3.8, 4) is 0 Å². The van der Waals surface area contributed by atoms with Gasteiger partial charge in [-0.2, -0.15) is 0 Å². The first kappa shape index (κ1) is 11.0. The van der Waals surface area contributed by atoms with Crippen LogP contribution >= 0.6 is 0 Å². The molecular formula is C13H15N5. The first-order valence-corrected chi connectivity index (χ1v) is 6.03. The van der Waals surface area contributed by atoms with Gasteiger partial charge in [0.1, 0.15) is 17.4 Å². The Kier molecular flexibility index (Phi) is 2.40. The second-order valence-electron chi connectivity index (χ2n) is 4.91. The van der Waals surface area contributed by atoms with Crippen LogP contribution in [-0.2, 0) is 6.42 Å². The summed E-state index contributed by atoms with van der Waals surface area (Å²) < 4.78 is 0. The van der Waals surface area contributed by atoms with E-state index in [4.69, 9.17) is 5.73 Å². The van der Waals surface area contributed by atoms with Gasteiger partial charge in [0, 0.05) is 5.69 Å². The molecule has 0 aliphatic rings. The number of nitrogens with zero attached hydrogens (tertiary/aromatic N) is 3. The average Bonchev–Trinajstić information content (AvgIpc) is 2.79. The molecular weight excluding hydrogens is 226 g/mol. The lowest BCUT2D eigenvalue weighted by Gasteiger charge is -2.08. The Hall–Kier alpha value is -2.17. The fourth-order valence-electron chi connectivity index (χ4n) is 2.18. The molecule has 3 rings (SSSR count). The van der Waals surface area contributed by atoms with Gasteiger partial charge in [0.05, 0.1) is 11.0 Å². The number of fused-ring (bicyclic) bond motifs is 3. The molecule has 3 heterocycles. The van der Waals surface area contributed by atoms with Gasteiger partial charge in [-0.25, -0.2) is 15.0 Å². The van der Waals surface area contributed by atoms with Gasteiger partial charge >= 0.3 is 0 Å². The standard InChI is InChI=1S/C13H15N5/c1-7(2)5-8-3-4-9-10(17-8)11-12(13(14)18-9)16-6-15-11/h3-4,6-7,17H,5H2,1-2H3,(H2,14,18). The van der Waals surface area contributed by atoms with Crippen LogP contribution in [0.5, 0.6) is 0 Å². The molecule has 92 valence electrons. The van der Waals surface area contributed by atoms with Gasteiger partial charge in [0.15, 0.2) is 5.82 Å². The first-order valence-electron chi connectivity index (χ1n) is 6.03. The van der Waals surface area contributed by atoms with Crippen LogP contribution in [0.2, 0.25) is 0 Å². The van der Waals surface area contributed by atoms with Crippen molar-refractivity contribution in [2.75, 3.05) is 5.73 Å². The number of rotatable bonds is 2. The third-order valence-corrected chi connectivity index (χ3v) is 2.93. The summed E-state index contributed by atoms with van der Waals surface area (Å²) in [7, 11) is 0. The lowest BCUT2D eigenvalue weighted by molar-refractivity contribution is 0.637. The van der Waals surface area contributed by atoms with Crippen molar-refractivity contribution in [1.29, 1.82) is 0 Å². The molecule has 0 atom stereocenters. The number of pyridine rings is 2. The number of aromatic nitrogens is 4. The Bertz CT molecular complexity index is 714. The zero-order valence-corrected chi connectivity index (χ0v) is 10.4. The summed E-state index contributed by atoms with van der Waals surface area (Å²) in [5.41, 5.74) is 10.2. The van der Waals surface area contributed by atoms with Crippen LogP contribution in [0.25, 0.3) is 22.1 Å². The summed E-state index contributed by atoms with van der Waals surface area (Å²) in [6.45, 7) is 4.38. The molecule has 3 N–H and O–H groups in total. The van der Waals surface area contributed by atoms with Crippen LogP contribution in [0.15, 0.2) is 18.5 Å². The number of imidazole rings is 1. The molecule has 0 aliphatic heterocycles. The van der Waals surface area contributed by atoms with Crippen molar-refractivity contribution in [3.05, 3.63) is 24.2 Å². The third-order valence-electron chi connectivity index (χ3n) is 2.93. The predicted octanol–water partition coefficient (Wildman–Crippen LogP) is 2.29. The number of nitrogens with one attached hydrogen (secondary N) is 1. The van der Waals surface area contributed by atoms with Crippen LogP contribution in [0.4, 0.5) is 5.82 Å². The van der Waals surface area contributed by atoms with E-state index in [1.807, 2.05) is 6.07 Å². The SMILES string of the molecule is CC(C)Cc1ccc2nc(N)c3ncnc3c2[nH]1. The Morgan fingerprint density at radius 2 is 2.00 bits per heavy atom. The zero-order chi connectivity index (χ0) is 12.7. The van der Waals surface area contributed by atoms with Gasteiger partial charge in [0.2, 0.25) is 0 Å². The van der Waals surface area contributed by atoms with Crippen molar-refractivity contribution in [3.63, 3.8) is 0 Å². The van der Waals surface area contributed by atoms with E-state index >= 15 is 0 Å². The molecule has 3 aromatic rings. The van der Waals surface area contributed by atoms with Gasteiger partial charge in [-0.15, -0.1) is 0 Å². The van der Waals surface area contributed by atoms with Gasteiger partial charge in [-0.05, 0) is 24.5 Å². The van der Waals surface area contributed by atoms with Crippen molar-refractivity contribution in [2.24, 2.45) is 5.92 Å². The molecule has 0 aromatic carbocycles. The van der Waals surface area contributed by atoms with Crippen LogP contribution in [0.3, 0.4) is 0 Å². The van der Waals surface area contributed by atoms with Crippen LogP contribution < -0.4 is 5.73 Å². The van der Waals surface area contributed by atoms with Crippen molar-refractivity contribution >= 4 is 27.9 Å². The molecule has 0 radical (unpaired) electrons. The number of nitrogen functional groups attached to an aromatic ring is 1. The van der Waals surface area contributed by atoms with E-state index in [-0.39, 0.29) is 0 Å². The maximum Gasteiger partial charge on any atom is 0.152 e. The molecule has 5 nitrogen and oxygen atoms in total. The number of anilines is 1. The second-order valence-corrected chi connectivity index (χ2v) is 4.91. The predicted molar refractivity (Wildman–Crippen MR) is 72.1 cm³/mol. The molecule has 0 spiro atoms. The maximum absolute atomic E-state index is 5.86. The summed E-state index contributed by atoms with van der Waals surface area (Å²) in [5, 5.41) is 0. The number of aromatic amines is 1. The normalized spacial score (nSPS) is 11.7. The van der Waals surface area contributed by atoms with E-state index in [2.05, 4.69) is 39.8 Å². The molecule has 0 fully saturated rings. The Morgan fingerprint density at radius 3 is 2.78 bits per heavy atom. The highest BCUT2D eigenvalue weighted by Gasteiger charge is 2.10. The van der Waals surface area contributed by atoms with Crippen molar-refractivity contribution in [1.82, 2.24) is 19.9 Å². The summed E-state index contributed by atoms with van der Waals surface area (Å²) in [6, 6.07) is 4.03. The Morgan fingerprint density at radius 1 is 1.22 bits per heavy atom. The van der Waals surface area contributed by atoms with Crippen LogP contribution in [0, 0.1) is 5.92 Å². The third kappa shape index (κ3) is 1.68. The lowest BCUT2D eigenvalue weighted by atomic mass is 10.1. The van der Waals surface area contributed by atoms with E-state index in [9.17, 15) is 0 Å². The van der Waals surface area contributed by atoms with E-state index < -0.39 is 0 Å². The summed E-state index contributed by atoms with van der Waals surface area (Å²) in [6.07, 6.45) is 2.51. The monoisotopic (exact) mass is 241 g/mol. The number of nitrogens with two attached hydrogens (primary N) is 1. The van der Waals surface area contributed by atoms with E-state index in [0.29, 0.717) is 17.3 Å². The zero-order valence-electron chi connectivity index (χ0n) is 10.4. The largest absolute Gasteiger partial charge is 0.382 e. The van der Waals surface area contributed by atoms with Crippen LogP contribution in [0.1, 0.15) is 19.5 Å². The molecule has 5 heteroatoms. The maximum atomic E-state index is 5.86. The number of H-pyrrole nitrogens is 1. The molecule has 0 aliphatic carbocycles. The van der Waals surface area contributed by atoms with Gasteiger partial charge < -0.3 is 10.7 Å². The Balaban J connectivity index is 2.28. The lowest BCUT2D eigenvalue weighted by Crippen LogP contribution is -1.99. The molecule has 0 bridgehead atoms. The molecule has 0 saturated carbocycles. The molecule has 0 saturated heterocycles. The molecule has 0 unspecified atom stereocenters. The first-order chi connectivity index (χ1) is 8.65. The highest BCUT2D eigenvalue weighted by molar-refractivity contribution is 6.03.